The Balaban J connectivity index is 1.96. The van der Waals surface area contributed by atoms with Crippen LogP contribution in [0.15, 0.2) is 22.6 Å². The number of nitrogens with one attached hydrogen (secondary N) is 1. The van der Waals surface area contributed by atoms with Crippen LogP contribution in [-0.2, 0) is 16.9 Å². The van der Waals surface area contributed by atoms with Crippen LogP contribution in [0.1, 0.15) is 46.3 Å². The number of carbonyl (C=O) groups excluding carboxylic acids is 2. The summed E-state index contributed by atoms with van der Waals surface area (Å²) >= 11 is 0. The second kappa shape index (κ2) is 5.76. The molecule has 1 atom stereocenters. The maximum Gasteiger partial charge on any atom is 0.325 e. The van der Waals surface area contributed by atoms with Crippen molar-refractivity contribution in [2.75, 3.05) is 0 Å². The Morgan fingerprint density at radius 3 is 2.16 bits per heavy atom. The van der Waals surface area contributed by atoms with Crippen LogP contribution in [0.25, 0.3) is 0 Å². The summed E-state index contributed by atoms with van der Waals surface area (Å²) in [5, 5.41) is 2.85. The van der Waals surface area contributed by atoms with E-state index >= 15 is 0 Å². The topological polar surface area (TPSA) is 62.6 Å². The summed E-state index contributed by atoms with van der Waals surface area (Å²) in [4.78, 5) is 26.9. The predicted octanol–water partition coefficient (Wildman–Crippen LogP) is 3.79. The summed E-state index contributed by atoms with van der Waals surface area (Å²) < 4.78 is 5.56. The second-order valence-corrected chi connectivity index (χ2v) is 7.15. The molecule has 1 aliphatic heterocycles. The quantitative estimate of drug-likeness (QED) is 0.865. The highest BCUT2D eigenvalue weighted by Crippen LogP contribution is 2.34. The number of hydrogen-bond donors (Lipinski definition) is 1. The van der Waals surface area contributed by atoms with Gasteiger partial charge in [-0.3, -0.25) is 9.69 Å². The number of carbonyl (C=O) groups is 2. The molecule has 1 aromatic heterocycles. The second-order valence-electron chi connectivity index (χ2n) is 7.15. The lowest BCUT2D eigenvalue weighted by molar-refractivity contribution is -0.131. The fourth-order valence-corrected chi connectivity index (χ4v) is 3.77. The number of nitrogens with zero attached hydrogens (tertiary/aromatic N) is 1. The molecule has 0 spiro atoms. The summed E-state index contributed by atoms with van der Waals surface area (Å²) in [6.45, 7) is 11.7. The van der Waals surface area contributed by atoms with Crippen LogP contribution in [0, 0.1) is 34.6 Å². The molecule has 2 heterocycles. The van der Waals surface area contributed by atoms with Crippen molar-refractivity contribution in [3.8, 4) is 0 Å². The summed E-state index contributed by atoms with van der Waals surface area (Å²) in [6.07, 6.45) is 0. The van der Waals surface area contributed by atoms with Gasteiger partial charge >= 0.3 is 6.03 Å². The van der Waals surface area contributed by atoms with Gasteiger partial charge in [0.2, 0.25) is 0 Å². The SMILES string of the molecule is Cc1cc(C)c(CN2C(=O)NC(C)(c3cc(C)oc3C)C2=O)c(C)c1. The molecule has 0 aliphatic carbocycles. The molecule has 0 saturated carbocycles. The molecule has 5 heteroatoms. The highest BCUT2D eigenvalue weighted by Gasteiger charge is 2.50. The molecule has 3 rings (SSSR count). The molecule has 2 aromatic rings. The Morgan fingerprint density at radius 1 is 1.04 bits per heavy atom. The molecule has 1 unspecified atom stereocenters. The number of hydrogen-bond acceptors (Lipinski definition) is 3. The van der Waals surface area contributed by atoms with E-state index in [4.69, 9.17) is 4.42 Å². The van der Waals surface area contributed by atoms with E-state index in [9.17, 15) is 9.59 Å². The van der Waals surface area contributed by atoms with Gasteiger partial charge in [-0.1, -0.05) is 17.7 Å². The maximum absolute atomic E-state index is 13.1. The van der Waals surface area contributed by atoms with Gasteiger partial charge in [0.05, 0.1) is 6.54 Å². The van der Waals surface area contributed by atoms with Crippen LogP contribution in [0.3, 0.4) is 0 Å². The Labute approximate surface area is 148 Å². The lowest BCUT2D eigenvalue weighted by Gasteiger charge is -2.22. The van der Waals surface area contributed by atoms with E-state index in [2.05, 4.69) is 17.4 Å². The minimum atomic E-state index is -1.09. The predicted molar refractivity (Wildman–Crippen MR) is 95.3 cm³/mol. The standard InChI is InChI=1S/C20H24N2O3/c1-11-7-12(2)16(13(3)8-11)10-22-18(23)20(6,21-19(22)24)17-9-14(4)25-15(17)5/h7-9H,10H2,1-6H3,(H,21,24). The monoisotopic (exact) mass is 340 g/mol. The van der Waals surface area contributed by atoms with Crippen molar-refractivity contribution < 1.29 is 14.0 Å². The molecular weight excluding hydrogens is 316 g/mol. The molecule has 1 N–H and O–H groups in total. The third-order valence-electron chi connectivity index (χ3n) is 5.01. The highest BCUT2D eigenvalue weighted by molar-refractivity contribution is 6.07. The molecule has 1 fully saturated rings. The normalized spacial score (nSPS) is 20.3. The van der Waals surface area contributed by atoms with Crippen LogP contribution in [0.2, 0.25) is 0 Å². The molecule has 1 aliphatic rings. The zero-order chi connectivity index (χ0) is 18.5. The van der Waals surface area contributed by atoms with Gasteiger partial charge in [-0.25, -0.2) is 4.79 Å². The third kappa shape index (κ3) is 2.73. The van der Waals surface area contributed by atoms with Gasteiger partial charge in [-0.05, 0) is 64.3 Å². The Kier molecular flexibility index (Phi) is 3.98. The number of benzene rings is 1. The first-order chi connectivity index (χ1) is 11.6. The number of furan rings is 1. The van der Waals surface area contributed by atoms with Gasteiger partial charge in [-0.15, -0.1) is 0 Å². The fourth-order valence-electron chi connectivity index (χ4n) is 3.77. The number of urea groups is 1. The fraction of sp³-hybridized carbons (Fsp3) is 0.400. The largest absolute Gasteiger partial charge is 0.466 e. The first-order valence-corrected chi connectivity index (χ1v) is 8.42. The van der Waals surface area contributed by atoms with Crippen LogP contribution in [-0.4, -0.2) is 16.8 Å². The molecule has 3 amide bonds. The zero-order valence-electron chi connectivity index (χ0n) is 15.6. The van der Waals surface area contributed by atoms with Crippen molar-refractivity contribution in [1.82, 2.24) is 10.2 Å². The molecule has 25 heavy (non-hydrogen) atoms. The average Bonchev–Trinajstić information content (AvgIpc) is 2.94. The van der Waals surface area contributed by atoms with Crippen molar-refractivity contribution in [1.29, 1.82) is 0 Å². The smallest absolute Gasteiger partial charge is 0.325 e. The Bertz CT molecular complexity index is 858. The van der Waals surface area contributed by atoms with E-state index in [1.807, 2.05) is 40.7 Å². The first-order valence-electron chi connectivity index (χ1n) is 8.42. The van der Waals surface area contributed by atoms with Gasteiger partial charge in [-0.2, -0.15) is 0 Å². The summed E-state index contributed by atoms with van der Waals surface area (Å²) in [6, 6.07) is 5.59. The van der Waals surface area contributed by atoms with Gasteiger partial charge in [0.15, 0.2) is 0 Å². The van der Waals surface area contributed by atoms with Crippen LogP contribution < -0.4 is 5.32 Å². The number of imide groups is 1. The molecule has 1 saturated heterocycles. The van der Waals surface area contributed by atoms with Gasteiger partial charge in [0, 0.05) is 5.56 Å². The Hall–Kier alpha value is -2.56. The minimum absolute atomic E-state index is 0.249. The number of aryl methyl sites for hydroxylation is 5. The number of amides is 3. The van der Waals surface area contributed by atoms with Crippen molar-refractivity contribution in [2.45, 2.75) is 53.6 Å². The number of rotatable bonds is 3. The molecule has 0 radical (unpaired) electrons. The molecule has 0 bridgehead atoms. The van der Waals surface area contributed by atoms with Gasteiger partial charge < -0.3 is 9.73 Å². The Morgan fingerprint density at radius 2 is 1.64 bits per heavy atom. The van der Waals surface area contributed by atoms with Crippen LogP contribution in [0.5, 0.6) is 0 Å². The van der Waals surface area contributed by atoms with Crippen LogP contribution >= 0.6 is 0 Å². The van der Waals surface area contributed by atoms with Crippen molar-refractivity contribution in [2.24, 2.45) is 0 Å². The van der Waals surface area contributed by atoms with Gasteiger partial charge in [0.1, 0.15) is 17.1 Å². The van der Waals surface area contributed by atoms with E-state index < -0.39 is 5.54 Å². The summed E-state index contributed by atoms with van der Waals surface area (Å²) in [5.41, 5.74) is 3.97. The minimum Gasteiger partial charge on any atom is -0.466 e. The summed E-state index contributed by atoms with van der Waals surface area (Å²) in [7, 11) is 0. The van der Waals surface area contributed by atoms with E-state index in [-0.39, 0.29) is 18.5 Å². The molecule has 132 valence electrons. The molecule has 1 aromatic carbocycles. The average molecular weight is 340 g/mol. The highest BCUT2D eigenvalue weighted by atomic mass is 16.3. The molecule has 5 nitrogen and oxygen atoms in total. The van der Waals surface area contributed by atoms with Gasteiger partial charge in [0.25, 0.3) is 5.91 Å². The lowest BCUT2D eigenvalue weighted by Crippen LogP contribution is -2.41. The van der Waals surface area contributed by atoms with Crippen LogP contribution in [0.4, 0.5) is 4.79 Å². The van der Waals surface area contributed by atoms with E-state index in [1.54, 1.807) is 6.92 Å². The van der Waals surface area contributed by atoms with E-state index in [0.29, 0.717) is 11.3 Å². The van der Waals surface area contributed by atoms with Crippen molar-refractivity contribution in [3.05, 3.63) is 57.5 Å². The zero-order valence-corrected chi connectivity index (χ0v) is 15.6. The van der Waals surface area contributed by atoms with E-state index in [1.165, 1.54) is 10.5 Å². The maximum atomic E-state index is 13.1. The van der Waals surface area contributed by atoms with E-state index in [0.717, 1.165) is 22.5 Å². The van der Waals surface area contributed by atoms with Crippen molar-refractivity contribution >= 4 is 11.9 Å². The third-order valence-corrected chi connectivity index (χ3v) is 5.01. The lowest BCUT2D eigenvalue weighted by atomic mass is 9.92. The summed E-state index contributed by atoms with van der Waals surface area (Å²) in [5.74, 6) is 1.12. The molecular formula is C20H24N2O3. The first kappa shape index (κ1) is 17.3. The van der Waals surface area contributed by atoms with Crippen molar-refractivity contribution in [3.63, 3.8) is 0 Å².